The maximum atomic E-state index is 5.59. The predicted molar refractivity (Wildman–Crippen MR) is 74.5 cm³/mol. The van der Waals surface area contributed by atoms with E-state index in [1.807, 2.05) is 30.5 Å². The van der Waals surface area contributed by atoms with E-state index in [0.717, 1.165) is 5.69 Å². The van der Waals surface area contributed by atoms with Gasteiger partial charge in [-0.2, -0.15) is 9.97 Å². The molecule has 3 N–H and O–H groups in total. The number of anilines is 3. The molecule has 0 aliphatic rings. The van der Waals surface area contributed by atoms with Gasteiger partial charge in [-0.15, -0.1) is 11.8 Å². The van der Waals surface area contributed by atoms with Crippen molar-refractivity contribution in [1.29, 1.82) is 0 Å². The highest BCUT2D eigenvalue weighted by molar-refractivity contribution is 7.98. The standard InChI is InChI=1S/C12H14N4OS/c1-17-11-7-10(15-12(13)16-11)14-8-3-5-9(18-2)6-4-8/h3-7H,1-2H3,(H3,13,14,15,16). The van der Waals surface area contributed by atoms with Gasteiger partial charge in [0.25, 0.3) is 0 Å². The first kappa shape index (κ1) is 12.5. The fourth-order valence-corrected chi connectivity index (χ4v) is 1.84. The van der Waals surface area contributed by atoms with Crippen LogP contribution in [-0.4, -0.2) is 23.3 Å². The highest BCUT2D eigenvalue weighted by atomic mass is 32.2. The molecule has 0 fully saturated rings. The molecule has 18 heavy (non-hydrogen) atoms. The van der Waals surface area contributed by atoms with Crippen molar-refractivity contribution in [1.82, 2.24) is 9.97 Å². The van der Waals surface area contributed by atoms with E-state index in [4.69, 9.17) is 10.5 Å². The van der Waals surface area contributed by atoms with Crippen LogP contribution < -0.4 is 15.8 Å². The number of ether oxygens (including phenoxy) is 1. The summed E-state index contributed by atoms with van der Waals surface area (Å²) in [5.41, 5.74) is 6.53. The quantitative estimate of drug-likeness (QED) is 0.825. The van der Waals surface area contributed by atoms with Crippen LogP contribution in [0.5, 0.6) is 5.88 Å². The number of nitrogens with one attached hydrogen (secondary N) is 1. The zero-order valence-corrected chi connectivity index (χ0v) is 11.0. The third-order valence-electron chi connectivity index (χ3n) is 2.29. The van der Waals surface area contributed by atoms with Crippen LogP contribution in [0.1, 0.15) is 0 Å². The summed E-state index contributed by atoms with van der Waals surface area (Å²) in [5.74, 6) is 1.22. The second-order valence-electron chi connectivity index (χ2n) is 3.51. The Hall–Kier alpha value is -1.95. The molecular formula is C12H14N4OS. The molecule has 6 heteroatoms. The van der Waals surface area contributed by atoms with Gasteiger partial charge >= 0.3 is 0 Å². The predicted octanol–water partition coefficient (Wildman–Crippen LogP) is 2.53. The molecule has 1 aromatic heterocycles. The van der Waals surface area contributed by atoms with Crippen molar-refractivity contribution in [3.05, 3.63) is 30.3 Å². The highest BCUT2D eigenvalue weighted by Gasteiger charge is 2.02. The number of methoxy groups -OCH3 is 1. The van der Waals surface area contributed by atoms with Crippen LogP contribution in [0.15, 0.2) is 35.2 Å². The van der Waals surface area contributed by atoms with Crippen LogP contribution in [0, 0.1) is 0 Å². The molecule has 0 aliphatic heterocycles. The van der Waals surface area contributed by atoms with Gasteiger partial charge in [0.05, 0.1) is 7.11 Å². The Labute approximate surface area is 110 Å². The van der Waals surface area contributed by atoms with Gasteiger partial charge in [0, 0.05) is 16.6 Å². The van der Waals surface area contributed by atoms with E-state index in [0.29, 0.717) is 11.7 Å². The molecule has 0 bridgehead atoms. The molecule has 0 atom stereocenters. The summed E-state index contributed by atoms with van der Waals surface area (Å²) < 4.78 is 5.04. The fraction of sp³-hybridized carbons (Fsp3) is 0.167. The summed E-state index contributed by atoms with van der Waals surface area (Å²) in [7, 11) is 1.54. The molecule has 0 saturated carbocycles. The molecule has 0 saturated heterocycles. The van der Waals surface area contributed by atoms with Gasteiger partial charge in [-0.3, -0.25) is 0 Å². The van der Waals surface area contributed by atoms with Crippen molar-refractivity contribution in [3.8, 4) is 5.88 Å². The molecule has 2 rings (SSSR count). The minimum atomic E-state index is 0.178. The number of hydrogen-bond acceptors (Lipinski definition) is 6. The van der Waals surface area contributed by atoms with E-state index >= 15 is 0 Å². The average Bonchev–Trinajstić information content (AvgIpc) is 2.39. The maximum Gasteiger partial charge on any atom is 0.225 e. The Morgan fingerprint density at radius 2 is 1.94 bits per heavy atom. The molecule has 5 nitrogen and oxygen atoms in total. The van der Waals surface area contributed by atoms with Gasteiger partial charge in [-0.05, 0) is 30.5 Å². The van der Waals surface area contributed by atoms with E-state index in [1.165, 1.54) is 4.90 Å². The smallest absolute Gasteiger partial charge is 0.225 e. The van der Waals surface area contributed by atoms with Crippen LogP contribution in [-0.2, 0) is 0 Å². The lowest BCUT2D eigenvalue weighted by Crippen LogP contribution is -2.01. The second-order valence-corrected chi connectivity index (χ2v) is 4.39. The Balaban J connectivity index is 2.19. The third-order valence-corrected chi connectivity index (χ3v) is 3.04. The van der Waals surface area contributed by atoms with Gasteiger partial charge in [0.15, 0.2) is 0 Å². The van der Waals surface area contributed by atoms with E-state index in [9.17, 15) is 0 Å². The Morgan fingerprint density at radius 1 is 1.22 bits per heavy atom. The number of thioether (sulfide) groups is 1. The average molecular weight is 262 g/mol. The molecule has 1 aromatic carbocycles. The number of benzene rings is 1. The number of nitrogen functional groups attached to an aromatic ring is 1. The summed E-state index contributed by atoms with van der Waals surface area (Å²) in [6.45, 7) is 0. The molecule has 2 aromatic rings. The largest absolute Gasteiger partial charge is 0.481 e. The van der Waals surface area contributed by atoms with Crippen LogP contribution in [0.4, 0.5) is 17.5 Å². The van der Waals surface area contributed by atoms with E-state index < -0.39 is 0 Å². The van der Waals surface area contributed by atoms with Gasteiger partial charge < -0.3 is 15.8 Å². The number of rotatable bonds is 4. The molecule has 0 aliphatic carbocycles. The first-order valence-corrected chi connectivity index (χ1v) is 6.53. The zero-order chi connectivity index (χ0) is 13.0. The topological polar surface area (TPSA) is 73.1 Å². The van der Waals surface area contributed by atoms with Crippen LogP contribution in [0.3, 0.4) is 0 Å². The normalized spacial score (nSPS) is 10.1. The van der Waals surface area contributed by atoms with Crippen molar-refractivity contribution >= 4 is 29.2 Å². The zero-order valence-electron chi connectivity index (χ0n) is 10.2. The molecule has 0 spiro atoms. The molecule has 0 unspecified atom stereocenters. The molecule has 94 valence electrons. The minimum absolute atomic E-state index is 0.178. The van der Waals surface area contributed by atoms with Crippen LogP contribution in [0.25, 0.3) is 0 Å². The lowest BCUT2D eigenvalue weighted by molar-refractivity contribution is 0.398. The number of hydrogen-bond donors (Lipinski definition) is 2. The third kappa shape index (κ3) is 3.04. The van der Waals surface area contributed by atoms with Crippen molar-refractivity contribution in [2.24, 2.45) is 0 Å². The van der Waals surface area contributed by atoms with Gasteiger partial charge in [0.2, 0.25) is 11.8 Å². The maximum absolute atomic E-state index is 5.59. The van der Waals surface area contributed by atoms with Crippen molar-refractivity contribution in [3.63, 3.8) is 0 Å². The monoisotopic (exact) mass is 262 g/mol. The second kappa shape index (κ2) is 5.59. The summed E-state index contributed by atoms with van der Waals surface area (Å²) in [6.07, 6.45) is 2.04. The van der Waals surface area contributed by atoms with Gasteiger partial charge in [0.1, 0.15) is 5.82 Å². The first-order chi connectivity index (χ1) is 8.71. The Kier molecular flexibility index (Phi) is 3.88. The van der Waals surface area contributed by atoms with E-state index in [2.05, 4.69) is 15.3 Å². The summed E-state index contributed by atoms with van der Waals surface area (Å²) >= 11 is 1.70. The lowest BCUT2D eigenvalue weighted by atomic mass is 10.3. The molecule has 0 radical (unpaired) electrons. The lowest BCUT2D eigenvalue weighted by Gasteiger charge is -2.08. The Morgan fingerprint density at radius 3 is 2.56 bits per heavy atom. The van der Waals surface area contributed by atoms with Crippen molar-refractivity contribution in [2.45, 2.75) is 4.90 Å². The van der Waals surface area contributed by atoms with E-state index in [1.54, 1.807) is 24.9 Å². The number of nitrogens with zero attached hydrogens (tertiary/aromatic N) is 2. The highest BCUT2D eigenvalue weighted by Crippen LogP contribution is 2.22. The van der Waals surface area contributed by atoms with Crippen LogP contribution in [0.2, 0.25) is 0 Å². The first-order valence-electron chi connectivity index (χ1n) is 5.31. The van der Waals surface area contributed by atoms with Gasteiger partial charge in [-0.25, -0.2) is 0 Å². The molecular weight excluding hydrogens is 248 g/mol. The summed E-state index contributed by atoms with van der Waals surface area (Å²) in [4.78, 5) is 9.22. The van der Waals surface area contributed by atoms with Crippen LogP contribution >= 0.6 is 11.8 Å². The fourth-order valence-electron chi connectivity index (χ4n) is 1.43. The summed E-state index contributed by atoms with van der Waals surface area (Å²) in [5, 5.41) is 3.15. The SMILES string of the molecule is COc1cc(Nc2ccc(SC)cc2)nc(N)n1. The van der Waals surface area contributed by atoms with Gasteiger partial charge in [-0.1, -0.05) is 0 Å². The van der Waals surface area contributed by atoms with Crippen molar-refractivity contribution in [2.75, 3.05) is 24.4 Å². The molecule has 1 heterocycles. The number of aromatic nitrogens is 2. The Bertz CT molecular complexity index is 530. The number of nitrogens with two attached hydrogens (primary N) is 1. The minimum Gasteiger partial charge on any atom is -0.481 e. The van der Waals surface area contributed by atoms with Crippen molar-refractivity contribution < 1.29 is 4.74 Å². The summed E-state index contributed by atoms with van der Waals surface area (Å²) in [6, 6.07) is 9.73. The van der Waals surface area contributed by atoms with E-state index in [-0.39, 0.29) is 5.95 Å². The molecule has 0 amide bonds.